The number of alkyl halides is 3. The Balaban J connectivity index is 1.79. The number of imide groups is 1. The first-order chi connectivity index (χ1) is 19.6. The van der Waals surface area contributed by atoms with Crippen LogP contribution in [0.1, 0.15) is 70.4 Å². The fraction of sp³-hybridized carbons (Fsp3) is 0.310. The van der Waals surface area contributed by atoms with Crippen LogP contribution < -0.4 is 9.64 Å². The third-order valence-corrected chi connectivity index (χ3v) is 8.66. The molecule has 8 nitrogen and oxygen atoms in total. The number of anilines is 1. The van der Waals surface area contributed by atoms with Gasteiger partial charge in [-0.2, -0.15) is 0 Å². The Hall–Kier alpha value is -4.06. The minimum atomic E-state index is -4.88. The van der Waals surface area contributed by atoms with E-state index < -0.39 is 34.7 Å². The first-order valence-corrected chi connectivity index (χ1v) is 14.2. The smallest absolute Gasteiger partial charge is 0.406 e. The number of ether oxygens (including phenoxy) is 1. The van der Waals surface area contributed by atoms with Gasteiger partial charge in [-0.1, -0.05) is 31.4 Å². The van der Waals surface area contributed by atoms with Crippen LogP contribution in [0.25, 0.3) is 0 Å². The van der Waals surface area contributed by atoms with Gasteiger partial charge in [0, 0.05) is 23.3 Å². The predicted octanol–water partition coefficient (Wildman–Crippen LogP) is 6.39. The van der Waals surface area contributed by atoms with Gasteiger partial charge in [0.1, 0.15) is 22.3 Å². The second-order valence-electron chi connectivity index (χ2n) is 9.78. The standard InChI is InChI=1S/C29H27F3N4O4S/c1-18-25(41(39)22-14-12-21(13-15-22)40-29(30,31)32)26(36-27(37)23-10-6-7-11-24(23)28(36)38)35(19(2)34-17-16-33-18)20-8-4-3-5-9-20/h6-7,10-17,20H,3-5,8-9H2,1-2H3. The van der Waals surface area contributed by atoms with E-state index >= 15 is 0 Å². The average molecular weight is 585 g/mol. The molecule has 214 valence electrons. The van der Waals surface area contributed by atoms with E-state index in [1.54, 1.807) is 38.1 Å². The van der Waals surface area contributed by atoms with Crippen molar-refractivity contribution < 1.29 is 31.7 Å². The van der Waals surface area contributed by atoms with Gasteiger partial charge in [-0.25, -0.2) is 14.1 Å². The van der Waals surface area contributed by atoms with Gasteiger partial charge in [0.05, 0.1) is 27.6 Å². The van der Waals surface area contributed by atoms with Gasteiger partial charge >= 0.3 is 6.36 Å². The van der Waals surface area contributed by atoms with E-state index in [9.17, 15) is 27.0 Å². The summed E-state index contributed by atoms with van der Waals surface area (Å²) in [7, 11) is -2.08. The number of carbonyl (C=O) groups is 2. The lowest BCUT2D eigenvalue weighted by atomic mass is 9.95. The van der Waals surface area contributed by atoms with Crippen LogP contribution in [-0.2, 0) is 10.8 Å². The summed E-state index contributed by atoms with van der Waals surface area (Å²) >= 11 is 0. The number of amides is 2. The molecule has 1 unspecified atom stereocenters. The maximum atomic E-state index is 14.3. The Bertz CT molecular complexity index is 1540. The predicted molar refractivity (Wildman–Crippen MR) is 145 cm³/mol. The fourth-order valence-electron chi connectivity index (χ4n) is 5.30. The van der Waals surface area contributed by atoms with Crippen LogP contribution in [0.2, 0.25) is 0 Å². The summed E-state index contributed by atoms with van der Waals surface area (Å²) < 4.78 is 58.3. The molecule has 0 bridgehead atoms. The van der Waals surface area contributed by atoms with Crippen LogP contribution in [-0.4, -0.2) is 36.9 Å². The van der Waals surface area contributed by atoms with Crippen LogP contribution >= 0.6 is 0 Å². The van der Waals surface area contributed by atoms with Crippen LogP contribution in [0.4, 0.5) is 19.0 Å². The minimum absolute atomic E-state index is 0.0793. The Kier molecular flexibility index (Phi) is 7.94. The zero-order valence-electron chi connectivity index (χ0n) is 22.4. The molecular formula is C29H27F3N4O4S. The van der Waals surface area contributed by atoms with Crippen molar-refractivity contribution in [1.29, 1.82) is 0 Å². The molecule has 0 N–H and O–H groups in total. The molecule has 2 amide bonds. The molecule has 3 aromatic rings. The molecule has 12 heteroatoms. The van der Waals surface area contributed by atoms with Gasteiger partial charge in [0.2, 0.25) is 0 Å². The van der Waals surface area contributed by atoms with Crippen LogP contribution in [0.3, 0.4) is 0 Å². The number of halogens is 3. The topological polar surface area (TPSA) is 94.4 Å². The molecule has 1 aliphatic carbocycles. The Labute approximate surface area is 237 Å². The quantitative estimate of drug-likeness (QED) is 0.323. The van der Waals surface area contributed by atoms with Crippen molar-refractivity contribution in [2.75, 3.05) is 4.90 Å². The second-order valence-corrected chi connectivity index (χ2v) is 11.2. The monoisotopic (exact) mass is 584 g/mol. The van der Waals surface area contributed by atoms with Crippen LogP contribution in [0.5, 0.6) is 5.75 Å². The van der Waals surface area contributed by atoms with Crippen molar-refractivity contribution in [3.8, 4) is 5.75 Å². The summed E-state index contributed by atoms with van der Waals surface area (Å²) in [5, 5.41) is 0. The molecule has 0 radical (unpaired) electrons. The molecule has 1 aliphatic heterocycles. The summed E-state index contributed by atoms with van der Waals surface area (Å²) in [5.74, 6) is -1.05. The normalized spacial score (nSPS) is 16.4. The van der Waals surface area contributed by atoms with Crippen molar-refractivity contribution in [2.45, 2.75) is 68.1 Å². The molecule has 1 atom stereocenters. The van der Waals surface area contributed by atoms with E-state index in [2.05, 4.69) is 14.7 Å². The maximum Gasteiger partial charge on any atom is 0.573 e. The van der Waals surface area contributed by atoms with Crippen molar-refractivity contribution in [3.05, 3.63) is 83.6 Å². The van der Waals surface area contributed by atoms with Gasteiger partial charge in [0.15, 0.2) is 0 Å². The molecule has 0 spiro atoms. The van der Waals surface area contributed by atoms with Crippen molar-refractivity contribution >= 4 is 28.4 Å². The lowest BCUT2D eigenvalue weighted by Crippen LogP contribution is -2.35. The largest absolute Gasteiger partial charge is 0.573 e. The minimum Gasteiger partial charge on any atom is -0.406 e. The summed E-state index contributed by atoms with van der Waals surface area (Å²) in [4.78, 5) is 37.9. The van der Waals surface area contributed by atoms with Gasteiger partial charge in [-0.15, -0.1) is 13.2 Å². The third kappa shape index (κ3) is 5.74. The summed E-state index contributed by atoms with van der Waals surface area (Å²) in [6, 6.07) is 10.9. The highest BCUT2D eigenvalue weighted by Crippen LogP contribution is 2.40. The van der Waals surface area contributed by atoms with E-state index in [1.807, 2.05) is 4.57 Å². The number of fused-ring (bicyclic) bond motifs is 1. The zero-order valence-corrected chi connectivity index (χ0v) is 23.2. The summed E-state index contributed by atoms with van der Waals surface area (Å²) in [6.45, 7) is 3.36. The first kappa shape index (κ1) is 28.5. The van der Waals surface area contributed by atoms with Crippen LogP contribution in [0, 0.1) is 13.8 Å². The first-order valence-electron chi connectivity index (χ1n) is 13.1. The van der Waals surface area contributed by atoms with Gasteiger partial charge in [0.25, 0.3) is 11.8 Å². The molecule has 0 saturated heterocycles. The van der Waals surface area contributed by atoms with Crippen LogP contribution in [0.15, 0.2) is 70.7 Å². The average Bonchev–Trinajstić information content (AvgIpc) is 3.22. The highest BCUT2D eigenvalue weighted by atomic mass is 32.2. The Morgan fingerprint density at radius 1 is 0.878 bits per heavy atom. The molecule has 5 rings (SSSR count). The molecule has 1 fully saturated rings. The number of hydrogen-bond acceptors (Lipinski definition) is 6. The number of nitrogens with zero attached hydrogens (tertiary/aromatic N) is 4. The van der Waals surface area contributed by atoms with E-state index in [-0.39, 0.29) is 38.5 Å². The Morgan fingerprint density at radius 2 is 1.46 bits per heavy atom. The van der Waals surface area contributed by atoms with E-state index in [4.69, 9.17) is 0 Å². The van der Waals surface area contributed by atoms with Gasteiger partial charge < -0.3 is 9.30 Å². The van der Waals surface area contributed by atoms with Crippen molar-refractivity contribution in [1.82, 2.24) is 14.5 Å². The molecule has 1 saturated carbocycles. The van der Waals surface area contributed by atoms with Gasteiger partial charge in [-0.3, -0.25) is 14.6 Å². The zero-order chi connectivity index (χ0) is 29.3. The van der Waals surface area contributed by atoms with E-state index in [0.29, 0.717) is 5.82 Å². The number of carbonyl (C=O) groups excluding carboxylic acids is 2. The number of aromatic nitrogens is 3. The molecule has 2 aromatic carbocycles. The molecule has 2 heterocycles. The summed E-state index contributed by atoms with van der Waals surface area (Å²) in [5.41, 5.74) is 0.691. The maximum absolute atomic E-state index is 14.3. The number of aryl methyl sites for hydroxylation is 2. The summed E-state index contributed by atoms with van der Waals surface area (Å²) in [6.07, 6.45) is 2.43. The lowest BCUT2D eigenvalue weighted by molar-refractivity contribution is -0.274. The number of rotatable bonds is 5. The third-order valence-electron chi connectivity index (χ3n) is 7.11. The van der Waals surface area contributed by atoms with Gasteiger partial charge in [-0.05, 0) is 63.1 Å². The highest BCUT2D eigenvalue weighted by molar-refractivity contribution is 7.85. The molecular weight excluding hydrogens is 557 g/mol. The second kappa shape index (κ2) is 11.4. The molecule has 2 aliphatic rings. The number of hydrogen-bond donors (Lipinski definition) is 0. The Morgan fingerprint density at radius 3 is 2.05 bits per heavy atom. The lowest BCUT2D eigenvalue weighted by Gasteiger charge is -2.31. The molecule has 41 heavy (non-hydrogen) atoms. The van der Waals surface area contributed by atoms with E-state index in [0.717, 1.165) is 49.1 Å². The highest BCUT2D eigenvalue weighted by Gasteiger charge is 2.41. The molecule has 1 aromatic heterocycles. The number of benzene rings is 2. The fourth-order valence-corrected chi connectivity index (χ4v) is 6.59. The van der Waals surface area contributed by atoms with Crippen molar-refractivity contribution in [2.24, 2.45) is 0 Å². The SMILES string of the molecule is Cc1nccnc(C)n(C2CCCCC2)c(N2C(=O)c3ccccc3C2=O)c1S(=O)c1ccc(OC(F)(F)F)cc1. The van der Waals surface area contributed by atoms with Crippen molar-refractivity contribution in [3.63, 3.8) is 0 Å². The van der Waals surface area contributed by atoms with E-state index in [1.165, 1.54) is 24.5 Å².